The Bertz CT molecular complexity index is 889. The zero-order valence-electron chi connectivity index (χ0n) is 15.5. The van der Waals surface area contributed by atoms with Gasteiger partial charge in [0, 0.05) is 19.3 Å². The molecule has 1 fully saturated rings. The van der Waals surface area contributed by atoms with Crippen LogP contribution in [0.1, 0.15) is 23.7 Å². The Labute approximate surface area is 160 Å². The molecule has 0 bridgehead atoms. The number of aryl methyl sites for hydroxylation is 1. The van der Waals surface area contributed by atoms with Gasteiger partial charge in [-0.2, -0.15) is 0 Å². The highest BCUT2D eigenvalue weighted by molar-refractivity contribution is 7.90. The molecular weight excluding hydrogens is 362 g/mol. The molecule has 27 heavy (non-hydrogen) atoms. The standard InChI is InChI=1S/C21H25NO4S/c1-27(23,24)18-9-7-17(8-10-18)26-21-19-5-3-2-4-16(19)6-11-20(21)22-12-14-25-15-13-22/h2-5,7-10,20-21H,6,11-15H2,1H3/t20-,21-/m0/s1. The van der Waals surface area contributed by atoms with Gasteiger partial charge in [0.15, 0.2) is 9.84 Å². The molecule has 0 N–H and O–H groups in total. The lowest BCUT2D eigenvalue weighted by molar-refractivity contribution is -0.0214. The average Bonchev–Trinajstić information content (AvgIpc) is 2.69. The second-order valence-corrected chi connectivity index (χ2v) is 9.25. The molecule has 6 heteroatoms. The molecule has 0 radical (unpaired) electrons. The van der Waals surface area contributed by atoms with E-state index in [1.807, 2.05) is 0 Å². The van der Waals surface area contributed by atoms with Crippen molar-refractivity contribution in [1.29, 1.82) is 0 Å². The van der Waals surface area contributed by atoms with Crippen LogP contribution in [0.25, 0.3) is 0 Å². The van der Waals surface area contributed by atoms with Crippen LogP contribution in [0, 0.1) is 0 Å². The number of fused-ring (bicyclic) bond motifs is 1. The maximum atomic E-state index is 11.7. The molecule has 1 saturated heterocycles. The number of hydrogen-bond acceptors (Lipinski definition) is 5. The Morgan fingerprint density at radius 1 is 1.04 bits per heavy atom. The summed E-state index contributed by atoms with van der Waals surface area (Å²) in [7, 11) is -3.21. The lowest BCUT2D eigenvalue weighted by Crippen LogP contribution is -2.49. The van der Waals surface area contributed by atoms with Gasteiger partial charge in [0.1, 0.15) is 11.9 Å². The van der Waals surface area contributed by atoms with Crippen LogP contribution in [0.4, 0.5) is 0 Å². The van der Waals surface area contributed by atoms with Crippen LogP contribution in [-0.2, 0) is 21.0 Å². The van der Waals surface area contributed by atoms with Crippen LogP contribution in [0.5, 0.6) is 5.75 Å². The maximum absolute atomic E-state index is 11.7. The summed E-state index contributed by atoms with van der Waals surface area (Å²) in [5, 5.41) is 0. The SMILES string of the molecule is CS(=O)(=O)c1ccc(O[C@H]2c3ccccc3CC[C@@H]2N2CCOCC2)cc1. The van der Waals surface area contributed by atoms with Gasteiger partial charge in [-0.1, -0.05) is 24.3 Å². The minimum absolute atomic E-state index is 0.0721. The molecule has 0 spiro atoms. The van der Waals surface area contributed by atoms with Crippen LogP contribution in [0.15, 0.2) is 53.4 Å². The van der Waals surface area contributed by atoms with E-state index in [1.54, 1.807) is 24.3 Å². The summed E-state index contributed by atoms with van der Waals surface area (Å²) in [4.78, 5) is 2.78. The number of benzene rings is 2. The molecule has 2 aromatic carbocycles. The van der Waals surface area contributed by atoms with Gasteiger partial charge < -0.3 is 9.47 Å². The van der Waals surface area contributed by atoms with E-state index >= 15 is 0 Å². The van der Waals surface area contributed by atoms with E-state index in [1.165, 1.54) is 17.4 Å². The Balaban J connectivity index is 1.63. The highest BCUT2D eigenvalue weighted by Gasteiger charge is 2.35. The average molecular weight is 388 g/mol. The van der Waals surface area contributed by atoms with Crippen LogP contribution in [0.3, 0.4) is 0 Å². The lowest BCUT2D eigenvalue weighted by atomic mass is 9.84. The van der Waals surface area contributed by atoms with Crippen molar-refractivity contribution in [1.82, 2.24) is 4.90 Å². The van der Waals surface area contributed by atoms with Crippen molar-refractivity contribution in [3.05, 3.63) is 59.7 Å². The Kier molecular flexibility index (Phi) is 5.21. The zero-order valence-corrected chi connectivity index (χ0v) is 16.3. The molecule has 1 heterocycles. The highest BCUT2D eigenvalue weighted by Crippen LogP contribution is 2.37. The van der Waals surface area contributed by atoms with Gasteiger partial charge in [-0.25, -0.2) is 8.42 Å². The quantitative estimate of drug-likeness (QED) is 0.807. The second-order valence-electron chi connectivity index (χ2n) is 7.24. The van der Waals surface area contributed by atoms with Crippen molar-refractivity contribution in [3.63, 3.8) is 0 Å². The van der Waals surface area contributed by atoms with Crippen molar-refractivity contribution in [3.8, 4) is 5.75 Å². The van der Waals surface area contributed by atoms with Crippen LogP contribution in [-0.4, -0.2) is 51.9 Å². The van der Waals surface area contributed by atoms with Crippen LogP contribution < -0.4 is 4.74 Å². The van der Waals surface area contributed by atoms with Crippen molar-refractivity contribution in [2.45, 2.75) is 29.9 Å². The molecule has 2 aromatic rings. The van der Waals surface area contributed by atoms with E-state index < -0.39 is 9.84 Å². The highest BCUT2D eigenvalue weighted by atomic mass is 32.2. The third-order valence-electron chi connectivity index (χ3n) is 5.45. The van der Waals surface area contributed by atoms with Crippen LogP contribution >= 0.6 is 0 Å². The van der Waals surface area contributed by atoms with Gasteiger partial charge in [0.05, 0.1) is 24.2 Å². The first-order valence-corrected chi connectivity index (χ1v) is 11.3. The summed E-state index contributed by atoms with van der Waals surface area (Å²) in [6, 6.07) is 15.5. The summed E-state index contributed by atoms with van der Waals surface area (Å²) < 4.78 is 35.4. The van der Waals surface area contributed by atoms with Gasteiger partial charge in [0.25, 0.3) is 0 Å². The molecule has 5 nitrogen and oxygen atoms in total. The van der Waals surface area contributed by atoms with E-state index in [-0.39, 0.29) is 6.10 Å². The van der Waals surface area contributed by atoms with Gasteiger partial charge >= 0.3 is 0 Å². The molecule has 4 rings (SSSR count). The fourth-order valence-electron chi connectivity index (χ4n) is 4.04. The fourth-order valence-corrected chi connectivity index (χ4v) is 4.67. The van der Waals surface area contributed by atoms with Crippen molar-refractivity contribution in [2.24, 2.45) is 0 Å². The number of morpholine rings is 1. The first kappa shape index (κ1) is 18.5. The molecule has 0 amide bonds. The topological polar surface area (TPSA) is 55.8 Å². The molecule has 1 aliphatic heterocycles. The Morgan fingerprint density at radius 3 is 2.44 bits per heavy atom. The number of ether oxygens (including phenoxy) is 2. The summed E-state index contributed by atoms with van der Waals surface area (Å²) in [5.74, 6) is 0.697. The van der Waals surface area contributed by atoms with E-state index in [0.717, 1.165) is 39.1 Å². The van der Waals surface area contributed by atoms with Crippen molar-refractivity contribution < 1.29 is 17.9 Å². The first-order chi connectivity index (χ1) is 13.0. The van der Waals surface area contributed by atoms with E-state index in [0.29, 0.717) is 16.7 Å². The smallest absolute Gasteiger partial charge is 0.175 e. The minimum atomic E-state index is -3.21. The molecule has 144 valence electrons. The molecular formula is C21H25NO4S. The largest absolute Gasteiger partial charge is 0.484 e. The second kappa shape index (κ2) is 7.62. The van der Waals surface area contributed by atoms with Gasteiger partial charge in [-0.3, -0.25) is 4.90 Å². The molecule has 2 aliphatic rings. The molecule has 0 saturated carbocycles. The minimum Gasteiger partial charge on any atom is -0.484 e. The first-order valence-electron chi connectivity index (χ1n) is 9.39. The molecule has 2 atom stereocenters. The van der Waals surface area contributed by atoms with E-state index in [4.69, 9.17) is 9.47 Å². The monoisotopic (exact) mass is 387 g/mol. The van der Waals surface area contributed by atoms with Crippen molar-refractivity contribution >= 4 is 9.84 Å². The zero-order chi connectivity index (χ0) is 18.9. The van der Waals surface area contributed by atoms with Crippen molar-refractivity contribution in [2.75, 3.05) is 32.6 Å². The predicted octanol–water partition coefficient (Wildman–Crippen LogP) is 2.86. The maximum Gasteiger partial charge on any atom is 0.175 e. The van der Waals surface area contributed by atoms with Crippen LogP contribution in [0.2, 0.25) is 0 Å². The number of hydrogen-bond donors (Lipinski definition) is 0. The summed E-state index contributed by atoms with van der Waals surface area (Å²) in [6.45, 7) is 3.35. The fraction of sp³-hybridized carbons (Fsp3) is 0.429. The molecule has 1 aliphatic carbocycles. The van der Waals surface area contributed by atoms with E-state index in [9.17, 15) is 8.42 Å². The Hall–Kier alpha value is -1.89. The summed E-state index contributed by atoms with van der Waals surface area (Å²) >= 11 is 0. The van der Waals surface area contributed by atoms with Gasteiger partial charge in [0.2, 0.25) is 0 Å². The number of nitrogens with zero attached hydrogens (tertiary/aromatic N) is 1. The Morgan fingerprint density at radius 2 is 1.74 bits per heavy atom. The number of rotatable bonds is 4. The molecule has 0 unspecified atom stereocenters. The van der Waals surface area contributed by atoms with Gasteiger partial charge in [-0.05, 0) is 48.2 Å². The van der Waals surface area contributed by atoms with Gasteiger partial charge in [-0.15, -0.1) is 0 Å². The molecule has 0 aromatic heterocycles. The summed E-state index contributed by atoms with van der Waals surface area (Å²) in [6.07, 6.45) is 3.24. The predicted molar refractivity (Wildman–Crippen MR) is 104 cm³/mol. The normalized spacial score (nSPS) is 23.6. The number of sulfone groups is 1. The third-order valence-corrected chi connectivity index (χ3v) is 6.58. The summed E-state index contributed by atoms with van der Waals surface area (Å²) in [5.41, 5.74) is 2.56. The van der Waals surface area contributed by atoms with E-state index in [2.05, 4.69) is 29.2 Å². The lowest BCUT2D eigenvalue weighted by Gasteiger charge is -2.42. The third kappa shape index (κ3) is 4.03.